The maximum Gasteiger partial charge on any atom is 0.0616 e. The van der Waals surface area contributed by atoms with Crippen LogP contribution in [0, 0.1) is 5.92 Å². The molecule has 112 valence electrons. The van der Waals surface area contributed by atoms with Crippen LogP contribution in [0.4, 0.5) is 0 Å². The SMILES string of the molecule is CCOCC(C)NC(c1ccccc1)C1CCCCC1. The second-order valence-electron chi connectivity index (χ2n) is 6.01. The first-order valence-corrected chi connectivity index (χ1v) is 8.20. The fourth-order valence-corrected chi connectivity index (χ4v) is 3.28. The predicted octanol–water partition coefficient (Wildman–Crippen LogP) is 4.32. The van der Waals surface area contributed by atoms with Gasteiger partial charge in [0.1, 0.15) is 0 Å². The molecule has 0 spiro atoms. The molecule has 2 unspecified atom stereocenters. The van der Waals surface area contributed by atoms with Gasteiger partial charge in [0.25, 0.3) is 0 Å². The Balaban J connectivity index is 2.03. The molecule has 2 heteroatoms. The van der Waals surface area contributed by atoms with Crippen molar-refractivity contribution in [1.29, 1.82) is 0 Å². The molecule has 0 radical (unpaired) electrons. The van der Waals surface area contributed by atoms with Gasteiger partial charge in [-0.15, -0.1) is 0 Å². The number of hydrogen-bond donors (Lipinski definition) is 1. The molecule has 1 aromatic rings. The number of ether oxygens (including phenoxy) is 1. The van der Waals surface area contributed by atoms with Gasteiger partial charge >= 0.3 is 0 Å². The molecule has 0 heterocycles. The highest BCUT2D eigenvalue weighted by Gasteiger charge is 2.25. The molecule has 1 aliphatic rings. The number of benzene rings is 1. The standard InChI is InChI=1S/C18H29NO/c1-3-20-14-15(2)19-18(16-10-6-4-7-11-16)17-12-8-5-9-13-17/h4,6-7,10-11,15,17-19H,3,5,8-9,12-14H2,1-2H3. The second-order valence-corrected chi connectivity index (χ2v) is 6.01. The van der Waals surface area contributed by atoms with Crippen molar-refractivity contribution in [1.82, 2.24) is 5.32 Å². The third kappa shape index (κ3) is 4.60. The summed E-state index contributed by atoms with van der Waals surface area (Å²) in [6, 6.07) is 11.8. The summed E-state index contributed by atoms with van der Waals surface area (Å²) >= 11 is 0. The van der Waals surface area contributed by atoms with E-state index in [2.05, 4.69) is 49.5 Å². The van der Waals surface area contributed by atoms with Gasteiger partial charge in [-0.05, 0) is 38.2 Å². The lowest BCUT2D eigenvalue weighted by molar-refractivity contribution is 0.116. The summed E-state index contributed by atoms with van der Waals surface area (Å²) < 4.78 is 5.56. The first-order chi connectivity index (χ1) is 9.81. The molecule has 2 rings (SSSR count). The van der Waals surface area contributed by atoms with E-state index >= 15 is 0 Å². The Labute approximate surface area is 123 Å². The topological polar surface area (TPSA) is 21.3 Å². The van der Waals surface area contributed by atoms with Crippen LogP contribution in [0.2, 0.25) is 0 Å². The maximum absolute atomic E-state index is 5.56. The Morgan fingerprint density at radius 3 is 2.50 bits per heavy atom. The molecule has 0 amide bonds. The molecule has 1 N–H and O–H groups in total. The molecular formula is C18H29NO. The molecule has 0 aromatic heterocycles. The molecule has 0 aliphatic heterocycles. The van der Waals surface area contributed by atoms with Gasteiger partial charge in [-0.1, -0.05) is 49.6 Å². The van der Waals surface area contributed by atoms with Gasteiger partial charge in [0.2, 0.25) is 0 Å². The van der Waals surface area contributed by atoms with Crippen molar-refractivity contribution in [3.63, 3.8) is 0 Å². The molecule has 1 saturated carbocycles. The highest BCUT2D eigenvalue weighted by molar-refractivity contribution is 5.20. The van der Waals surface area contributed by atoms with Crippen molar-refractivity contribution in [3.8, 4) is 0 Å². The summed E-state index contributed by atoms with van der Waals surface area (Å²) in [6.45, 7) is 5.88. The minimum absolute atomic E-state index is 0.405. The van der Waals surface area contributed by atoms with Crippen LogP contribution in [0.3, 0.4) is 0 Å². The first-order valence-electron chi connectivity index (χ1n) is 8.20. The molecular weight excluding hydrogens is 246 g/mol. The average Bonchev–Trinajstić information content (AvgIpc) is 2.52. The highest BCUT2D eigenvalue weighted by Crippen LogP contribution is 2.34. The van der Waals surface area contributed by atoms with Crippen LogP contribution in [0.1, 0.15) is 57.6 Å². The molecule has 0 bridgehead atoms. The summed E-state index contributed by atoms with van der Waals surface area (Å²) in [6.07, 6.45) is 6.89. The fraction of sp³-hybridized carbons (Fsp3) is 0.667. The van der Waals surface area contributed by atoms with Crippen molar-refractivity contribution in [2.24, 2.45) is 5.92 Å². The van der Waals surface area contributed by atoms with Crippen LogP contribution < -0.4 is 5.32 Å². The van der Waals surface area contributed by atoms with E-state index in [1.807, 2.05) is 0 Å². The zero-order chi connectivity index (χ0) is 14.2. The van der Waals surface area contributed by atoms with Crippen LogP contribution in [0.15, 0.2) is 30.3 Å². The van der Waals surface area contributed by atoms with Crippen LogP contribution in [-0.4, -0.2) is 19.3 Å². The lowest BCUT2D eigenvalue weighted by atomic mass is 9.81. The summed E-state index contributed by atoms with van der Waals surface area (Å²) in [5.74, 6) is 0.773. The zero-order valence-corrected chi connectivity index (χ0v) is 13.0. The fourth-order valence-electron chi connectivity index (χ4n) is 3.28. The third-order valence-electron chi connectivity index (χ3n) is 4.32. The average molecular weight is 275 g/mol. The lowest BCUT2D eigenvalue weighted by Gasteiger charge is -2.33. The monoisotopic (exact) mass is 275 g/mol. The van der Waals surface area contributed by atoms with Crippen molar-refractivity contribution >= 4 is 0 Å². The molecule has 2 nitrogen and oxygen atoms in total. The molecule has 1 aromatic carbocycles. The zero-order valence-electron chi connectivity index (χ0n) is 13.0. The van der Waals surface area contributed by atoms with Crippen LogP contribution in [0.5, 0.6) is 0 Å². The van der Waals surface area contributed by atoms with Gasteiger partial charge in [-0.2, -0.15) is 0 Å². The van der Waals surface area contributed by atoms with E-state index in [9.17, 15) is 0 Å². The second kappa shape index (κ2) is 8.43. The smallest absolute Gasteiger partial charge is 0.0616 e. The minimum Gasteiger partial charge on any atom is -0.380 e. The molecule has 1 aliphatic carbocycles. The predicted molar refractivity (Wildman–Crippen MR) is 84.8 cm³/mol. The Kier molecular flexibility index (Phi) is 6.55. The first kappa shape index (κ1) is 15.5. The van der Waals surface area contributed by atoms with Gasteiger partial charge in [-0.3, -0.25) is 0 Å². The van der Waals surface area contributed by atoms with E-state index in [0.29, 0.717) is 12.1 Å². The van der Waals surface area contributed by atoms with E-state index in [1.165, 1.54) is 37.7 Å². The van der Waals surface area contributed by atoms with Crippen molar-refractivity contribution < 1.29 is 4.74 Å². The van der Waals surface area contributed by atoms with Crippen molar-refractivity contribution in [2.45, 2.75) is 58.0 Å². The van der Waals surface area contributed by atoms with Crippen LogP contribution >= 0.6 is 0 Å². The lowest BCUT2D eigenvalue weighted by Crippen LogP contribution is -2.38. The van der Waals surface area contributed by atoms with E-state index in [1.54, 1.807) is 0 Å². The van der Waals surface area contributed by atoms with Crippen LogP contribution in [-0.2, 0) is 4.74 Å². The number of rotatable bonds is 7. The normalized spacial score (nSPS) is 19.7. The summed E-state index contributed by atoms with van der Waals surface area (Å²) in [5.41, 5.74) is 1.43. The van der Waals surface area contributed by atoms with Gasteiger partial charge in [-0.25, -0.2) is 0 Å². The largest absolute Gasteiger partial charge is 0.380 e. The highest BCUT2D eigenvalue weighted by atomic mass is 16.5. The molecule has 0 saturated heterocycles. The van der Waals surface area contributed by atoms with Crippen LogP contribution in [0.25, 0.3) is 0 Å². The van der Waals surface area contributed by atoms with Crippen molar-refractivity contribution in [3.05, 3.63) is 35.9 Å². The molecule has 20 heavy (non-hydrogen) atoms. The van der Waals surface area contributed by atoms with E-state index in [4.69, 9.17) is 4.74 Å². The van der Waals surface area contributed by atoms with Gasteiger partial charge in [0.05, 0.1) is 6.61 Å². The van der Waals surface area contributed by atoms with Gasteiger partial charge < -0.3 is 10.1 Å². The minimum atomic E-state index is 0.405. The Bertz CT molecular complexity index is 359. The summed E-state index contributed by atoms with van der Waals surface area (Å²) in [7, 11) is 0. The van der Waals surface area contributed by atoms with E-state index < -0.39 is 0 Å². The van der Waals surface area contributed by atoms with Gasteiger partial charge in [0, 0.05) is 18.7 Å². The summed E-state index contributed by atoms with van der Waals surface area (Å²) in [4.78, 5) is 0. The maximum atomic E-state index is 5.56. The summed E-state index contributed by atoms with van der Waals surface area (Å²) in [5, 5.41) is 3.81. The molecule has 2 atom stereocenters. The number of hydrogen-bond acceptors (Lipinski definition) is 2. The Morgan fingerprint density at radius 2 is 1.85 bits per heavy atom. The Morgan fingerprint density at radius 1 is 1.15 bits per heavy atom. The van der Waals surface area contributed by atoms with Gasteiger partial charge in [0.15, 0.2) is 0 Å². The number of nitrogens with one attached hydrogen (secondary N) is 1. The van der Waals surface area contributed by atoms with E-state index in [0.717, 1.165) is 19.1 Å². The molecule has 1 fully saturated rings. The third-order valence-corrected chi connectivity index (χ3v) is 4.32. The Hall–Kier alpha value is -0.860. The van der Waals surface area contributed by atoms with E-state index in [-0.39, 0.29) is 0 Å². The van der Waals surface area contributed by atoms with Crippen molar-refractivity contribution in [2.75, 3.05) is 13.2 Å². The quantitative estimate of drug-likeness (QED) is 0.800.